The van der Waals surface area contributed by atoms with Crippen LogP contribution in [0.15, 0.2) is 18.2 Å². The molecule has 1 fully saturated rings. The first kappa shape index (κ1) is 16.2. The van der Waals surface area contributed by atoms with Crippen LogP contribution in [0.4, 0.5) is 0 Å². The van der Waals surface area contributed by atoms with Gasteiger partial charge in [-0.1, -0.05) is 25.7 Å². The minimum atomic E-state index is 0.277. The van der Waals surface area contributed by atoms with Gasteiger partial charge >= 0.3 is 0 Å². The van der Waals surface area contributed by atoms with Crippen LogP contribution in [0.5, 0.6) is 11.5 Å². The van der Waals surface area contributed by atoms with Crippen molar-refractivity contribution >= 4 is 0 Å². The van der Waals surface area contributed by atoms with Crippen molar-refractivity contribution in [1.82, 2.24) is 5.32 Å². The Labute approximate surface area is 129 Å². The highest BCUT2D eigenvalue weighted by Crippen LogP contribution is 2.30. The summed E-state index contributed by atoms with van der Waals surface area (Å²) in [4.78, 5) is 0. The van der Waals surface area contributed by atoms with Crippen molar-refractivity contribution in [2.45, 2.75) is 51.5 Å². The molecule has 1 aromatic rings. The molecule has 3 heteroatoms. The third kappa shape index (κ3) is 4.63. The number of nitrogens with one attached hydrogen (secondary N) is 1. The summed E-state index contributed by atoms with van der Waals surface area (Å²) in [7, 11) is 3.42. The summed E-state index contributed by atoms with van der Waals surface area (Å²) in [5.41, 5.74) is 1.16. The molecule has 1 unspecified atom stereocenters. The number of hydrogen-bond donors (Lipinski definition) is 1. The average molecular weight is 291 g/mol. The molecule has 0 aliphatic heterocycles. The van der Waals surface area contributed by atoms with E-state index in [0.29, 0.717) is 0 Å². The predicted octanol–water partition coefficient (Wildman–Crippen LogP) is 4.32. The largest absolute Gasteiger partial charge is 0.497 e. The summed E-state index contributed by atoms with van der Waals surface area (Å²) in [5, 5.41) is 3.61. The van der Waals surface area contributed by atoms with Gasteiger partial charge in [-0.25, -0.2) is 0 Å². The van der Waals surface area contributed by atoms with Gasteiger partial charge in [0.05, 0.1) is 14.2 Å². The van der Waals surface area contributed by atoms with Gasteiger partial charge in [0.2, 0.25) is 0 Å². The van der Waals surface area contributed by atoms with E-state index in [-0.39, 0.29) is 6.04 Å². The lowest BCUT2D eigenvalue weighted by Crippen LogP contribution is -2.21. The molecule has 0 bridgehead atoms. The number of hydrogen-bond acceptors (Lipinski definition) is 3. The van der Waals surface area contributed by atoms with Crippen molar-refractivity contribution < 1.29 is 9.47 Å². The lowest BCUT2D eigenvalue weighted by Gasteiger charge is -2.18. The molecule has 1 aliphatic carbocycles. The average Bonchev–Trinajstić information content (AvgIpc) is 3.04. The summed E-state index contributed by atoms with van der Waals surface area (Å²) in [6.45, 7) is 3.25. The fourth-order valence-electron chi connectivity index (χ4n) is 3.30. The molecule has 0 radical (unpaired) electrons. The molecule has 0 aromatic heterocycles. The molecule has 0 heterocycles. The van der Waals surface area contributed by atoms with Crippen LogP contribution in [0.3, 0.4) is 0 Å². The maximum atomic E-state index is 5.46. The normalized spacial score (nSPS) is 16.9. The van der Waals surface area contributed by atoms with E-state index >= 15 is 0 Å². The van der Waals surface area contributed by atoms with Crippen LogP contribution < -0.4 is 14.8 Å². The van der Waals surface area contributed by atoms with Gasteiger partial charge in [-0.05, 0) is 50.4 Å². The van der Waals surface area contributed by atoms with Gasteiger partial charge in [-0.2, -0.15) is 0 Å². The molecule has 1 aromatic carbocycles. The molecule has 0 saturated heterocycles. The Bertz CT molecular complexity index is 427. The van der Waals surface area contributed by atoms with E-state index in [1.165, 1.54) is 38.5 Å². The maximum Gasteiger partial charge on any atom is 0.123 e. The minimum Gasteiger partial charge on any atom is -0.497 e. The lowest BCUT2D eigenvalue weighted by molar-refractivity contribution is 0.390. The van der Waals surface area contributed by atoms with Crippen LogP contribution in [0.2, 0.25) is 0 Å². The van der Waals surface area contributed by atoms with Gasteiger partial charge in [0.15, 0.2) is 0 Å². The number of ether oxygens (including phenoxy) is 2. The highest BCUT2D eigenvalue weighted by molar-refractivity contribution is 5.42. The Morgan fingerprint density at radius 3 is 2.62 bits per heavy atom. The molecule has 1 aliphatic rings. The van der Waals surface area contributed by atoms with Gasteiger partial charge in [-0.3, -0.25) is 0 Å². The van der Waals surface area contributed by atoms with Crippen LogP contribution in [-0.4, -0.2) is 20.8 Å². The van der Waals surface area contributed by atoms with Crippen LogP contribution >= 0.6 is 0 Å². The van der Waals surface area contributed by atoms with Crippen LogP contribution in [-0.2, 0) is 0 Å². The smallest absolute Gasteiger partial charge is 0.123 e. The zero-order chi connectivity index (χ0) is 15.1. The Hall–Kier alpha value is -1.22. The maximum absolute atomic E-state index is 5.46. The van der Waals surface area contributed by atoms with Crippen molar-refractivity contribution in [2.24, 2.45) is 5.92 Å². The second kappa shape index (κ2) is 8.28. The first-order chi connectivity index (χ1) is 10.2. The molecule has 2 rings (SSSR count). The molecule has 118 valence electrons. The molecular formula is C18H29NO2. The zero-order valence-electron chi connectivity index (χ0n) is 13.7. The molecule has 3 nitrogen and oxygen atoms in total. The van der Waals surface area contributed by atoms with Crippen molar-refractivity contribution in [3.63, 3.8) is 0 Å². The molecule has 0 spiro atoms. The second-order valence-electron chi connectivity index (χ2n) is 6.08. The van der Waals surface area contributed by atoms with E-state index in [4.69, 9.17) is 9.47 Å². The number of methoxy groups -OCH3 is 2. The van der Waals surface area contributed by atoms with Crippen molar-refractivity contribution in [2.75, 3.05) is 20.8 Å². The van der Waals surface area contributed by atoms with Crippen molar-refractivity contribution in [3.05, 3.63) is 23.8 Å². The van der Waals surface area contributed by atoms with Gasteiger partial charge in [0, 0.05) is 11.6 Å². The minimum absolute atomic E-state index is 0.277. The van der Waals surface area contributed by atoms with E-state index in [9.17, 15) is 0 Å². The topological polar surface area (TPSA) is 30.5 Å². The van der Waals surface area contributed by atoms with Crippen molar-refractivity contribution in [1.29, 1.82) is 0 Å². The Morgan fingerprint density at radius 1 is 1.19 bits per heavy atom. The fraction of sp³-hybridized carbons (Fsp3) is 0.667. The molecule has 0 amide bonds. The second-order valence-corrected chi connectivity index (χ2v) is 6.08. The highest BCUT2D eigenvalue weighted by Gasteiger charge is 2.15. The standard InChI is InChI=1S/C18H29NO2/c1-14(19-12-6-9-15-7-4-5-8-15)17-13-16(20-2)10-11-18(17)21-3/h10-11,13-15,19H,4-9,12H2,1-3H3. The summed E-state index contributed by atoms with van der Waals surface area (Å²) in [6.07, 6.45) is 8.40. The molecular weight excluding hydrogens is 262 g/mol. The predicted molar refractivity (Wildman–Crippen MR) is 87.2 cm³/mol. The monoisotopic (exact) mass is 291 g/mol. The zero-order valence-corrected chi connectivity index (χ0v) is 13.7. The molecule has 1 N–H and O–H groups in total. The quantitative estimate of drug-likeness (QED) is 0.723. The van der Waals surface area contributed by atoms with Gasteiger partial charge < -0.3 is 14.8 Å². The van der Waals surface area contributed by atoms with Gasteiger partial charge in [0.1, 0.15) is 11.5 Å². The van der Waals surface area contributed by atoms with Gasteiger partial charge in [0.25, 0.3) is 0 Å². The van der Waals surface area contributed by atoms with E-state index in [1.807, 2.05) is 12.1 Å². The lowest BCUT2D eigenvalue weighted by atomic mass is 10.0. The molecule has 21 heavy (non-hydrogen) atoms. The SMILES string of the molecule is COc1ccc(OC)c(C(C)NCCCC2CCCC2)c1. The third-order valence-corrected chi connectivity index (χ3v) is 4.62. The third-order valence-electron chi connectivity index (χ3n) is 4.62. The first-order valence-corrected chi connectivity index (χ1v) is 8.20. The Morgan fingerprint density at radius 2 is 1.95 bits per heavy atom. The Balaban J connectivity index is 1.82. The van der Waals surface area contributed by atoms with E-state index in [2.05, 4.69) is 18.3 Å². The number of rotatable bonds is 8. The molecule has 1 saturated carbocycles. The van der Waals surface area contributed by atoms with Crippen LogP contribution in [0, 0.1) is 5.92 Å². The van der Waals surface area contributed by atoms with Gasteiger partial charge in [-0.15, -0.1) is 0 Å². The Kier molecular flexibility index (Phi) is 6.37. The summed E-state index contributed by atoms with van der Waals surface area (Å²) in [5.74, 6) is 2.78. The van der Waals surface area contributed by atoms with Crippen LogP contribution in [0.1, 0.15) is 57.1 Å². The fourth-order valence-corrected chi connectivity index (χ4v) is 3.30. The highest BCUT2D eigenvalue weighted by atomic mass is 16.5. The summed E-state index contributed by atoms with van der Waals surface area (Å²) in [6, 6.07) is 6.26. The van der Waals surface area contributed by atoms with Crippen LogP contribution in [0.25, 0.3) is 0 Å². The van der Waals surface area contributed by atoms with Crippen molar-refractivity contribution in [3.8, 4) is 11.5 Å². The summed E-state index contributed by atoms with van der Waals surface area (Å²) >= 11 is 0. The number of benzene rings is 1. The van der Waals surface area contributed by atoms with E-state index < -0.39 is 0 Å². The summed E-state index contributed by atoms with van der Waals surface area (Å²) < 4.78 is 10.8. The van der Waals surface area contributed by atoms with E-state index in [0.717, 1.165) is 29.5 Å². The first-order valence-electron chi connectivity index (χ1n) is 8.20. The van der Waals surface area contributed by atoms with E-state index in [1.54, 1.807) is 14.2 Å². The molecule has 1 atom stereocenters.